The van der Waals surface area contributed by atoms with Crippen LogP contribution >= 0.6 is 0 Å². The van der Waals surface area contributed by atoms with Crippen molar-refractivity contribution in [2.45, 2.75) is 33.0 Å². The maximum atomic E-state index is 13.1. The van der Waals surface area contributed by atoms with Gasteiger partial charge in [-0.25, -0.2) is 4.98 Å². The number of hydrogen-bond donors (Lipinski definition) is 2. The van der Waals surface area contributed by atoms with Crippen LogP contribution in [0.25, 0.3) is 11.1 Å². The highest BCUT2D eigenvalue weighted by molar-refractivity contribution is 5.74. The van der Waals surface area contributed by atoms with Crippen molar-refractivity contribution in [3.05, 3.63) is 65.0 Å². The molecule has 0 bridgehead atoms. The summed E-state index contributed by atoms with van der Waals surface area (Å²) in [6.07, 6.45) is -1.95. The number of aromatic nitrogens is 1. The van der Waals surface area contributed by atoms with E-state index in [1.807, 2.05) is 44.2 Å². The van der Waals surface area contributed by atoms with Crippen LogP contribution in [0.2, 0.25) is 0 Å². The molecule has 1 aliphatic heterocycles. The number of benzene rings is 1. The van der Waals surface area contributed by atoms with Crippen molar-refractivity contribution in [3.8, 4) is 23.0 Å². The molecule has 0 spiro atoms. The second-order valence-corrected chi connectivity index (χ2v) is 8.69. The average molecular weight is 512 g/mol. The lowest BCUT2D eigenvalue weighted by Crippen LogP contribution is -2.36. The third-order valence-corrected chi connectivity index (χ3v) is 5.77. The number of rotatable bonds is 7. The Morgan fingerprint density at radius 3 is 2.65 bits per heavy atom. The molecule has 1 aliphatic rings. The van der Waals surface area contributed by atoms with E-state index in [1.54, 1.807) is 13.0 Å². The van der Waals surface area contributed by atoms with Gasteiger partial charge in [0.25, 0.3) is 0 Å². The number of ether oxygens (including phenoxy) is 1. The summed E-state index contributed by atoms with van der Waals surface area (Å²) in [6, 6.07) is 9.52. The number of nitrogens with two attached hydrogens (primary N) is 1. The quantitative estimate of drug-likeness (QED) is 0.308. The summed E-state index contributed by atoms with van der Waals surface area (Å²) in [4.78, 5) is 10.0. The molecule has 1 saturated heterocycles. The topological polar surface area (TPSA) is 75.8 Å². The molecule has 6 nitrogen and oxygen atoms in total. The number of aliphatic imine (C=N–C) groups is 1. The number of nitrogens with zero attached hydrogens (tertiary/aromatic N) is 3. The summed E-state index contributed by atoms with van der Waals surface area (Å²) in [5.74, 6) is 6.85. The number of hydrogen-bond acceptors (Lipinski definition) is 6. The van der Waals surface area contributed by atoms with Crippen LogP contribution in [0, 0.1) is 18.8 Å². The third kappa shape index (κ3) is 7.94. The van der Waals surface area contributed by atoms with Crippen molar-refractivity contribution in [1.29, 1.82) is 0 Å². The second kappa shape index (κ2) is 12.6. The molecule has 2 aromatic rings. The van der Waals surface area contributed by atoms with Crippen LogP contribution in [0.3, 0.4) is 0 Å². The van der Waals surface area contributed by atoms with Crippen molar-refractivity contribution in [1.82, 2.24) is 4.98 Å². The summed E-state index contributed by atoms with van der Waals surface area (Å²) < 4.78 is 44.7. The Kier molecular flexibility index (Phi) is 9.50. The fourth-order valence-corrected chi connectivity index (χ4v) is 3.75. The first-order valence-corrected chi connectivity index (χ1v) is 12.0. The molecule has 9 heteroatoms. The largest absolute Gasteiger partial charge is 0.433 e. The van der Waals surface area contributed by atoms with Gasteiger partial charge < -0.3 is 20.7 Å². The standard InChI is InChI=1S/C28H32F3N5O/c1-5-21(14-26(33-4)28(29,30)31)18-34-23-8-6-19(2)25(17-23)22-15-24(9-7-20(3)32)35-27(16-22)36-10-12-37-13-11-36/h5-6,8,14-17,20,34H,4,10-13,18,32H2,1-3H3/b21-5+,26-14-/t20-/m1/s1. The van der Waals surface area contributed by atoms with Gasteiger partial charge in [-0.2, -0.15) is 13.2 Å². The summed E-state index contributed by atoms with van der Waals surface area (Å²) in [5, 5.41) is 3.22. The normalized spacial score (nSPS) is 15.6. The Labute approximate surface area is 216 Å². The average Bonchev–Trinajstić information content (AvgIpc) is 2.88. The number of allylic oxidation sites excluding steroid dienone is 2. The Balaban J connectivity index is 1.93. The number of pyridine rings is 1. The Bertz CT molecular complexity index is 1230. The van der Waals surface area contributed by atoms with Crippen LogP contribution in [0.15, 0.2) is 58.7 Å². The van der Waals surface area contributed by atoms with Gasteiger partial charge in [0.05, 0.1) is 19.3 Å². The number of halogens is 3. The van der Waals surface area contributed by atoms with Crippen LogP contribution in [0.1, 0.15) is 25.1 Å². The van der Waals surface area contributed by atoms with E-state index in [-0.39, 0.29) is 12.6 Å². The zero-order valence-corrected chi connectivity index (χ0v) is 21.3. The second-order valence-electron chi connectivity index (χ2n) is 8.69. The summed E-state index contributed by atoms with van der Waals surface area (Å²) in [7, 11) is 0. The van der Waals surface area contributed by atoms with E-state index in [0.29, 0.717) is 24.5 Å². The minimum Gasteiger partial charge on any atom is -0.381 e. The van der Waals surface area contributed by atoms with Crippen LogP contribution in [-0.2, 0) is 4.74 Å². The highest BCUT2D eigenvalue weighted by Crippen LogP contribution is 2.31. The Morgan fingerprint density at radius 1 is 1.30 bits per heavy atom. The van der Waals surface area contributed by atoms with Gasteiger partial charge in [0.2, 0.25) is 0 Å². The van der Waals surface area contributed by atoms with Crippen molar-refractivity contribution < 1.29 is 17.9 Å². The minimum atomic E-state index is -4.56. The summed E-state index contributed by atoms with van der Waals surface area (Å²) in [6.45, 7) is 11.5. The van der Waals surface area contributed by atoms with Crippen molar-refractivity contribution in [2.75, 3.05) is 43.1 Å². The Hall–Kier alpha value is -3.61. The molecular weight excluding hydrogens is 479 g/mol. The molecule has 1 atom stereocenters. The van der Waals surface area contributed by atoms with Crippen LogP contribution < -0.4 is 16.0 Å². The molecule has 0 unspecified atom stereocenters. The Morgan fingerprint density at radius 2 is 2.03 bits per heavy atom. The molecule has 1 aromatic heterocycles. The molecule has 1 fully saturated rings. The predicted octanol–water partition coefficient (Wildman–Crippen LogP) is 5.10. The van der Waals surface area contributed by atoms with Crippen molar-refractivity contribution in [2.24, 2.45) is 10.7 Å². The van der Waals surface area contributed by atoms with Gasteiger partial charge in [-0.05, 0) is 86.0 Å². The summed E-state index contributed by atoms with van der Waals surface area (Å²) in [5.41, 5.74) is 9.56. The van der Waals surface area contributed by atoms with Gasteiger partial charge in [0.1, 0.15) is 17.2 Å². The molecule has 37 heavy (non-hydrogen) atoms. The fraction of sp³-hybridized carbons (Fsp3) is 0.357. The highest BCUT2D eigenvalue weighted by Gasteiger charge is 2.33. The van der Waals surface area contributed by atoms with Gasteiger partial charge >= 0.3 is 6.18 Å². The van der Waals surface area contributed by atoms with Gasteiger partial charge in [-0.15, -0.1) is 0 Å². The lowest BCUT2D eigenvalue weighted by Gasteiger charge is -2.28. The van der Waals surface area contributed by atoms with E-state index in [1.165, 1.54) is 0 Å². The van der Waals surface area contributed by atoms with E-state index in [9.17, 15) is 13.2 Å². The van der Waals surface area contributed by atoms with Crippen molar-refractivity contribution in [3.63, 3.8) is 0 Å². The maximum absolute atomic E-state index is 13.1. The van der Waals surface area contributed by atoms with Gasteiger partial charge in [0, 0.05) is 25.3 Å². The highest BCUT2D eigenvalue weighted by atomic mass is 19.4. The molecular formula is C28H32F3N5O. The van der Waals surface area contributed by atoms with E-state index in [2.05, 4.69) is 33.8 Å². The van der Waals surface area contributed by atoms with E-state index < -0.39 is 11.9 Å². The SMILES string of the molecule is C=N/C(=C\C(=C/C)CNc1ccc(C)c(-c2cc(C#C[C@@H](C)N)nc(N3CCOCC3)c2)c1)C(F)(F)F. The first-order valence-electron chi connectivity index (χ1n) is 12.0. The lowest BCUT2D eigenvalue weighted by atomic mass is 9.99. The van der Waals surface area contributed by atoms with Gasteiger partial charge in [-0.1, -0.05) is 18.1 Å². The van der Waals surface area contributed by atoms with E-state index in [4.69, 9.17) is 15.5 Å². The molecule has 0 saturated carbocycles. The van der Waals surface area contributed by atoms with Crippen LogP contribution in [0.4, 0.5) is 24.7 Å². The number of nitrogens with one attached hydrogen (secondary N) is 1. The molecule has 0 radical (unpaired) electrons. The molecule has 1 aromatic carbocycles. The number of alkyl halides is 3. The van der Waals surface area contributed by atoms with E-state index >= 15 is 0 Å². The van der Waals surface area contributed by atoms with Crippen LogP contribution in [0.5, 0.6) is 0 Å². The van der Waals surface area contributed by atoms with Crippen molar-refractivity contribution >= 4 is 18.2 Å². The number of anilines is 2. The maximum Gasteiger partial charge on any atom is 0.433 e. The molecule has 3 N–H and O–H groups in total. The zero-order chi connectivity index (χ0) is 27.0. The first-order chi connectivity index (χ1) is 17.6. The summed E-state index contributed by atoms with van der Waals surface area (Å²) >= 11 is 0. The van der Waals surface area contributed by atoms with Gasteiger partial charge in [0.15, 0.2) is 0 Å². The zero-order valence-electron chi connectivity index (χ0n) is 21.3. The minimum absolute atomic E-state index is 0.189. The van der Waals surface area contributed by atoms with E-state index in [0.717, 1.165) is 47.4 Å². The van der Waals surface area contributed by atoms with Crippen LogP contribution in [-0.4, -0.2) is 56.8 Å². The number of morpholine rings is 1. The number of aryl methyl sites for hydroxylation is 1. The molecule has 0 amide bonds. The molecule has 196 valence electrons. The molecule has 0 aliphatic carbocycles. The molecule has 3 rings (SSSR count). The first kappa shape index (κ1) is 28.0. The lowest BCUT2D eigenvalue weighted by molar-refractivity contribution is -0.0922. The fourth-order valence-electron chi connectivity index (χ4n) is 3.75. The third-order valence-electron chi connectivity index (χ3n) is 5.77. The predicted molar refractivity (Wildman–Crippen MR) is 144 cm³/mol. The molecule has 2 heterocycles. The monoisotopic (exact) mass is 511 g/mol. The smallest absolute Gasteiger partial charge is 0.381 e. The van der Waals surface area contributed by atoms with Gasteiger partial charge in [-0.3, -0.25) is 4.99 Å².